The van der Waals surface area contributed by atoms with Crippen molar-refractivity contribution in [3.63, 3.8) is 0 Å². The minimum Gasteiger partial charge on any atom is -0.466 e. The Balaban J connectivity index is 2.38. The maximum absolute atomic E-state index is 10.6. The Labute approximate surface area is 115 Å². The smallest absolute Gasteiger partial charge is 0.108 e. The molecule has 1 unspecified atom stereocenters. The van der Waals surface area contributed by atoms with Crippen LogP contribution in [0.15, 0.2) is 28.7 Å². The van der Waals surface area contributed by atoms with E-state index in [2.05, 4.69) is 19.1 Å². The van der Waals surface area contributed by atoms with Crippen molar-refractivity contribution in [1.82, 2.24) is 0 Å². The highest BCUT2D eigenvalue weighted by Crippen LogP contribution is 2.31. The largest absolute Gasteiger partial charge is 0.466 e. The first-order chi connectivity index (χ1) is 9.04. The maximum atomic E-state index is 10.6. The van der Waals surface area contributed by atoms with Crippen molar-refractivity contribution in [2.75, 3.05) is 0 Å². The van der Waals surface area contributed by atoms with E-state index in [1.54, 1.807) is 0 Å². The summed E-state index contributed by atoms with van der Waals surface area (Å²) in [4.78, 5) is 0. The van der Waals surface area contributed by atoms with Crippen LogP contribution < -0.4 is 0 Å². The number of hydrogen-bond donors (Lipinski definition) is 1. The van der Waals surface area contributed by atoms with Crippen LogP contribution in [0.2, 0.25) is 0 Å². The highest BCUT2D eigenvalue weighted by atomic mass is 16.3. The van der Waals surface area contributed by atoms with Crippen molar-refractivity contribution in [3.05, 3.63) is 58.0 Å². The van der Waals surface area contributed by atoms with Crippen LogP contribution in [0.1, 0.15) is 53.2 Å². The molecule has 2 aromatic rings. The normalized spacial score (nSPS) is 12.7. The molecule has 19 heavy (non-hydrogen) atoms. The predicted octanol–water partition coefficient (Wildman–Crippen LogP) is 4.24. The van der Waals surface area contributed by atoms with Crippen LogP contribution >= 0.6 is 0 Å². The standard InChI is InChI=1S/C17H22O2/c1-5-7-14-8-6-9-15(10-14)17(18)16-11(2)12(3)19-13(16)4/h6,8-10,17-18H,5,7H2,1-4H3. The molecule has 0 saturated carbocycles. The third-order valence-corrected chi connectivity index (χ3v) is 3.70. The summed E-state index contributed by atoms with van der Waals surface area (Å²) in [5, 5.41) is 10.6. The topological polar surface area (TPSA) is 33.4 Å². The van der Waals surface area contributed by atoms with Crippen LogP contribution in [0.5, 0.6) is 0 Å². The number of hydrogen-bond acceptors (Lipinski definition) is 2. The van der Waals surface area contributed by atoms with Crippen LogP contribution in [0.3, 0.4) is 0 Å². The van der Waals surface area contributed by atoms with Gasteiger partial charge in [0.15, 0.2) is 0 Å². The summed E-state index contributed by atoms with van der Waals surface area (Å²) >= 11 is 0. The van der Waals surface area contributed by atoms with Gasteiger partial charge in [0.25, 0.3) is 0 Å². The van der Waals surface area contributed by atoms with E-state index in [9.17, 15) is 5.11 Å². The lowest BCUT2D eigenvalue weighted by Gasteiger charge is -2.13. The third kappa shape index (κ3) is 2.74. The van der Waals surface area contributed by atoms with Crippen LogP contribution in [-0.4, -0.2) is 5.11 Å². The molecule has 2 heteroatoms. The van der Waals surface area contributed by atoms with Crippen LogP contribution in [-0.2, 0) is 6.42 Å². The molecule has 0 amide bonds. The first-order valence-electron chi connectivity index (χ1n) is 6.88. The molecule has 0 aliphatic heterocycles. The number of aliphatic hydroxyl groups is 1. The van der Waals surface area contributed by atoms with Gasteiger partial charge < -0.3 is 9.52 Å². The Morgan fingerprint density at radius 2 is 1.89 bits per heavy atom. The average molecular weight is 258 g/mol. The number of benzene rings is 1. The molecule has 0 spiro atoms. The molecule has 0 bridgehead atoms. The van der Waals surface area contributed by atoms with E-state index in [1.165, 1.54) is 5.56 Å². The molecule has 1 N–H and O–H groups in total. The molecule has 2 rings (SSSR count). The van der Waals surface area contributed by atoms with E-state index in [0.29, 0.717) is 0 Å². The van der Waals surface area contributed by atoms with Gasteiger partial charge in [0.2, 0.25) is 0 Å². The van der Waals surface area contributed by atoms with Gasteiger partial charge in [0.1, 0.15) is 17.6 Å². The molecule has 2 nitrogen and oxygen atoms in total. The molecule has 0 fully saturated rings. The van der Waals surface area contributed by atoms with Gasteiger partial charge in [-0.05, 0) is 43.9 Å². The summed E-state index contributed by atoms with van der Waals surface area (Å²) in [5.74, 6) is 1.69. The van der Waals surface area contributed by atoms with E-state index in [0.717, 1.165) is 41.1 Å². The van der Waals surface area contributed by atoms with Crippen molar-refractivity contribution in [2.45, 2.75) is 46.6 Å². The summed E-state index contributed by atoms with van der Waals surface area (Å²) in [6.45, 7) is 8.01. The molecule has 1 aromatic heterocycles. The van der Waals surface area contributed by atoms with E-state index in [1.807, 2.05) is 32.9 Å². The highest BCUT2D eigenvalue weighted by molar-refractivity contribution is 5.40. The van der Waals surface area contributed by atoms with E-state index >= 15 is 0 Å². The second kappa shape index (κ2) is 5.62. The van der Waals surface area contributed by atoms with E-state index in [-0.39, 0.29) is 0 Å². The molecule has 0 saturated heterocycles. The average Bonchev–Trinajstić information content (AvgIpc) is 2.63. The van der Waals surface area contributed by atoms with Gasteiger partial charge >= 0.3 is 0 Å². The fourth-order valence-corrected chi connectivity index (χ4v) is 2.59. The van der Waals surface area contributed by atoms with Gasteiger partial charge in [0.05, 0.1) is 0 Å². The molecule has 1 aromatic carbocycles. The second-order valence-corrected chi connectivity index (χ2v) is 5.15. The lowest BCUT2D eigenvalue weighted by atomic mass is 9.96. The van der Waals surface area contributed by atoms with Gasteiger partial charge in [-0.15, -0.1) is 0 Å². The quantitative estimate of drug-likeness (QED) is 0.889. The third-order valence-electron chi connectivity index (χ3n) is 3.70. The second-order valence-electron chi connectivity index (χ2n) is 5.15. The molecule has 0 aliphatic rings. The molecular formula is C17H22O2. The zero-order valence-corrected chi connectivity index (χ0v) is 12.2. The van der Waals surface area contributed by atoms with Gasteiger partial charge in [-0.25, -0.2) is 0 Å². The van der Waals surface area contributed by atoms with E-state index in [4.69, 9.17) is 4.42 Å². The molecule has 1 atom stereocenters. The van der Waals surface area contributed by atoms with Crippen LogP contribution in [0.25, 0.3) is 0 Å². The molecule has 0 aliphatic carbocycles. The number of furan rings is 1. The summed E-state index contributed by atoms with van der Waals surface area (Å²) in [6.07, 6.45) is 1.56. The maximum Gasteiger partial charge on any atom is 0.108 e. The Kier molecular flexibility index (Phi) is 4.11. The summed E-state index contributed by atoms with van der Waals surface area (Å²) < 4.78 is 5.61. The van der Waals surface area contributed by atoms with Gasteiger partial charge in [-0.2, -0.15) is 0 Å². The molecule has 0 radical (unpaired) electrons. The minimum atomic E-state index is -0.603. The van der Waals surface area contributed by atoms with Crippen molar-refractivity contribution in [2.24, 2.45) is 0 Å². The molecule has 1 heterocycles. The Morgan fingerprint density at radius 1 is 1.16 bits per heavy atom. The van der Waals surface area contributed by atoms with Gasteiger partial charge in [0, 0.05) is 5.56 Å². The number of aliphatic hydroxyl groups excluding tert-OH is 1. The fraction of sp³-hybridized carbons (Fsp3) is 0.412. The Hall–Kier alpha value is -1.54. The first-order valence-corrected chi connectivity index (χ1v) is 6.88. The van der Waals surface area contributed by atoms with Gasteiger partial charge in [-0.3, -0.25) is 0 Å². The summed E-state index contributed by atoms with van der Waals surface area (Å²) in [7, 11) is 0. The fourth-order valence-electron chi connectivity index (χ4n) is 2.59. The number of rotatable bonds is 4. The lowest BCUT2D eigenvalue weighted by Crippen LogP contribution is -2.02. The van der Waals surface area contributed by atoms with E-state index < -0.39 is 6.10 Å². The zero-order chi connectivity index (χ0) is 14.0. The Bertz CT molecular complexity index is 567. The Morgan fingerprint density at radius 3 is 2.47 bits per heavy atom. The van der Waals surface area contributed by atoms with Crippen molar-refractivity contribution >= 4 is 0 Å². The monoisotopic (exact) mass is 258 g/mol. The van der Waals surface area contributed by atoms with Crippen LogP contribution in [0, 0.1) is 20.8 Å². The SMILES string of the molecule is CCCc1cccc(C(O)c2c(C)oc(C)c2C)c1. The highest BCUT2D eigenvalue weighted by Gasteiger charge is 2.20. The van der Waals surface area contributed by atoms with Crippen molar-refractivity contribution in [1.29, 1.82) is 0 Å². The summed E-state index contributed by atoms with van der Waals surface area (Å²) in [5.41, 5.74) is 4.17. The molecular weight excluding hydrogens is 236 g/mol. The molecule has 102 valence electrons. The van der Waals surface area contributed by atoms with Crippen LogP contribution in [0.4, 0.5) is 0 Å². The summed E-state index contributed by atoms with van der Waals surface area (Å²) in [6, 6.07) is 8.20. The lowest BCUT2D eigenvalue weighted by molar-refractivity contribution is 0.217. The zero-order valence-electron chi connectivity index (χ0n) is 12.2. The van der Waals surface area contributed by atoms with Crippen molar-refractivity contribution < 1.29 is 9.52 Å². The van der Waals surface area contributed by atoms with Crippen molar-refractivity contribution in [3.8, 4) is 0 Å². The number of aryl methyl sites for hydroxylation is 3. The predicted molar refractivity (Wildman–Crippen MR) is 77.4 cm³/mol. The first kappa shape index (κ1) is 13.9. The minimum absolute atomic E-state index is 0.603. The van der Waals surface area contributed by atoms with Gasteiger partial charge in [-0.1, -0.05) is 37.6 Å².